The quantitative estimate of drug-likeness (QED) is 0.403. The molecule has 0 radical (unpaired) electrons. The third kappa shape index (κ3) is 5.30. The van der Waals surface area contributed by atoms with Crippen LogP contribution in [-0.4, -0.2) is 47.6 Å². The van der Waals surface area contributed by atoms with Crippen LogP contribution in [0.25, 0.3) is 10.2 Å². The Balaban J connectivity index is 2.36. The van der Waals surface area contributed by atoms with E-state index in [2.05, 4.69) is 15.0 Å². The second-order valence-electron chi connectivity index (χ2n) is 5.72. The van der Waals surface area contributed by atoms with Crippen molar-refractivity contribution in [2.75, 3.05) is 20.8 Å². The lowest BCUT2D eigenvalue weighted by Crippen LogP contribution is -2.36. The number of nitrogens with one attached hydrogen (secondary N) is 1. The van der Waals surface area contributed by atoms with Crippen molar-refractivity contribution in [3.63, 3.8) is 0 Å². The summed E-state index contributed by atoms with van der Waals surface area (Å²) in [5.74, 6) is -0.509. The molecule has 0 saturated carbocycles. The van der Waals surface area contributed by atoms with E-state index in [0.717, 1.165) is 23.1 Å². The maximum atomic E-state index is 12.9. The first kappa shape index (κ1) is 21.4. The molecule has 2 heterocycles. The van der Waals surface area contributed by atoms with Crippen LogP contribution in [0.5, 0.6) is 0 Å². The third-order valence-electron chi connectivity index (χ3n) is 3.81. The van der Waals surface area contributed by atoms with Gasteiger partial charge in [0, 0.05) is 25.1 Å². The molecule has 0 spiro atoms. The Morgan fingerprint density at radius 2 is 2.15 bits per heavy atom. The number of thiophene rings is 1. The molecule has 0 bridgehead atoms. The van der Waals surface area contributed by atoms with Gasteiger partial charge in [0.2, 0.25) is 5.91 Å². The second kappa shape index (κ2) is 9.86. The fourth-order valence-electron chi connectivity index (χ4n) is 2.34. The van der Waals surface area contributed by atoms with Gasteiger partial charge in [-0.15, -0.1) is 11.3 Å². The van der Waals surface area contributed by atoms with Crippen LogP contribution in [0.4, 0.5) is 4.79 Å². The Morgan fingerprint density at radius 3 is 2.78 bits per heavy atom. The highest BCUT2D eigenvalue weighted by atomic mass is 32.2. The first-order valence-electron chi connectivity index (χ1n) is 8.48. The predicted octanol–water partition coefficient (Wildman–Crippen LogP) is 2.42. The lowest BCUT2D eigenvalue weighted by molar-refractivity contribution is -0.119. The summed E-state index contributed by atoms with van der Waals surface area (Å²) in [5, 5.41) is 2.53. The van der Waals surface area contributed by atoms with E-state index in [0.29, 0.717) is 34.9 Å². The maximum absolute atomic E-state index is 12.9. The smallest absolute Gasteiger partial charge is 0.413 e. The van der Waals surface area contributed by atoms with E-state index in [1.807, 2.05) is 13.0 Å². The van der Waals surface area contributed by atoms with E-state index in [9.17, 15) is 14.4 Å². The van der Waals surface area contributed by atoms with E-state index >= 15 is 0 Å². The third-order valence-corrected chi connectivity index (χ3v) is 6.07. The molecular formula is C17H23N3O5S2. The van der Waals surface area contributed by atoms with Gasteiger partial charge in [-0.25, -0.2) is 9.78 Å². The fraction of sp³-hybridized carbons (Fsp3) is 0.529. The van der Waals surface area contributed by atoms with Crippen molar-refractivity contribution in [1.82, 2.24) is 14.9 Å². The molecule has 0 fully saturated rings. The fourth-order valence-corrected chi connectivity index (χ4v) is 4.28. The normalized spacial score (nSPS) is 12.1. The van der Waals surface area contributed by atoms with Gasteiger partial charge in [0.1, 0.15) is 4.83 Å². The number of ether oxygens (including phenoxy) is 2. The minimum absolute atomic E-state index is 0.130. The molecule has 2 rings (SSSR count). The molecule has 2 amide bonds. The number of alkyl carbamates (subject to hydrolysis) is 1. The van der Waals surface area contributed by atoms with Gasteiger partial charge < -0.3 is 9.47 Å². The number of nitrogens with zero attached hydrogens (tertiary/aromatic N) is 2. The van der Waals surface area contributed by atoms with E-state index in [1.165, 1.54) is 18.4 Å². The van der Waals surface area contributed by atoms with E-state index < -0.39 is 17.3 Å². The minimum Gasteiger partial charge on any atom is -0.453 e. The number of hydrogen-bond donors (Lipinski definition) is 1. The van der Waals surface area contributed by atoms with Gasteiger partial charge >= 0.3 is 6.09 Å². The van der Waals surface area contributed by atoms with Crippen molar-refractivity contribution in [2.24, 2.45) is 0 Å². The molecule has 2 aromatic rings. The Kier molecular flexibility index (Phi) is 7.81. The van der Waals surface area contributed by atoms with E-state index in [1.54, 1.807) is 18.6 Å². The molecule has 0 aliphatic heterocycles. The van der Waals surface area contributed by atoms with Crippen molar-refractivity contribution in [3.05, 3.63) is 21.3 Å². The summed E-state index contributed by atoms with van der Waals surface area (Å²) < 4.78 is 11.1. The van der Waals surface area contributed by atoms with Crippen LogP contribution in [0.15, 0.2) is 16.0 Å². The molecule has 8 nitrogen and oxygen atoms in total. The lowest BCUT2D eigenvalue weighted by Gasteiger charge is -2.15. The van der Waals surface area contributed by atoms with Gasteiger partial charge in [-0.2, -0.15) is 0 Å². The second-order valence-corrected chi connectivity index (χ2v) is 8.15. The summed E-state index contributed by atoms with van der Waals surface area (Å²) in [6, 6.07) is 1.88. The first-order valence-corrected chi connectivity index (χ1v) is 10.2. The van der Waals surface area contributed by atoms with Gasteiger partial charge in [-0.1, -0.05) is 18.7 Å². The number of thioether (sulfide) groups is 1. The molecule has 0 aliphatic rings. The number of imide groups is 1. The highest BCUT2D eigenvalue weighted by molar-refractivity contribution is 8.00. The Hall–Kier alpha value is -1.91. The van der Waals surface area contributed by atoms with Crippen molar-refractivity contribution >= 4 is 45.3 Å². The van der Waals surface area contributed by atoms with E-state index in [-0.39, 0.29) is 5.56 Å². The SMILES string of the molecule is CCc1cc2c(=O)n(CCCOC)c(S[C@@H](C)C(=O)NC(=O)OC)nc2s1. The Labute approximate surface area is 165 Å². The monoisotopic (exact) mass is 413 g/mol. The highest BCUT2D eigenvalue weighted by Crippen LogP contribution is 2.27. The van der Waals surface area contributed by atoms with Crippen LogP contribution in [0.1, 0.15) is 25.1 Å². The van der Waals surface area contributed by atoms with Crippen LogP contribution in [0, 0.1) is 0 Å². The molecule has 27 heavy (non-hydrogen) atoms. The topological polar surface area (TPSA) is 99.5 Å². The average molecular weight is 414 g/mol. The first-order chi connectivity index (χ1) is 12.9. The van der Waals surface area contributed by atoms with Crippen molar-refractivity contribution in [3.8, 4) is 0 Å². The molecule has 1 N–H and O–H groups in total. The van der Waals surface area contributed by atoms with Crippen molar-refractivity contribution < 1.29 is 19.1 Å². The van der Waals surface area contributed by atoms with Crippen LogP contribution < -0.4 is 10.9 Å². The zero-order valence-corrected chi connectivity index (χ0v) is 17.4. The lowest BCUT2D eigenvalue weighted by atomic mass is 10.3. The van der Waals surface area contributed by atoms with Gasteiger partial charge in [-0.3, -0.25) is 19.5 Å². The molecule has 2 aromatic heterocycles. The van der Waals surface area contributed by atoms with Gasteiger partial charge in [0.25, 0.3) is 5.56 Å². The number of fused-ring (bicyclic) bond motifs is 1. The van der Waals surface area contributed by atoms with Gasteiger partial charge in [0.05, 0.1) is 17.7 Å². The molecule has 1 atom stereocenters. The van der Waals surface area contributed by atoms with Crippen molar-refractivity contribution in [1.29, 1.82) is 0 Å². The minimum atomic E-state index is -0.820. The Morgan fingerprint density at radius 1 is 1.41 bits per heavy atom. The van der Waals surface area contributed by atoms with Crippen LogP contribution in [0.3, 0.4) is 0 Å². The zero-order valence-electron chi connectivity index (χ0n) is 15.7. The summed E-state index contributed by atoms with van der Waals surface area (Å²) in [7, 11) is 2.79. The van der Waals surface area contributed by atoms with Crippen LogP contribution in [0.2, 0.25) is 0 Å². The summed E-state index contributed by atoms with van der Waals surface area (Å²) in [4.78, 5) is 42.7. The number of carbonyl (C=O) groups is 2. The van der Waals surface area contributed by atoms with Crippen molar-refractivity contribution in [2.45, 2.75) is 43.6 Å². The Bertz CT molecular complexity index is 877. The summed E-state index contributed by atoms with van der Waals surface area (Å²) in [5.41, 5.74) is -0.130. The highest BCUT2D eigenvalue weighted by Gasteiger charge is 2.22. The summed E-state index contributed by atoms with van der Waals surface area (Å²) in [6.07, 6.45) is 0.647. The number of aromatic nitrogens is 2. The molecule has 0 aromatic carbocycles. The maximum Gasteiger partial charge on any atom is 0.413 e. The molecule has 10 heteroatoms. The number of amides is 2. The van der Waals surface area contributed by atoms with Crippen LogP contribution >= 0.6 is 23.1 Å². The van der Waals surface area contributed by atoms with Gasteiger partial charge in [-0.05, 0) is 25.8 Å². The standard InChI is InChI=1S/C17H23N3O5S2/c1-5-11-9-12-14(27-11)19-16(20(15(12)22)7-6-8-24-3)26-10(2)13(21)18-17(23)25-4/h9-10H,5-8H2,1-4H3,(H,18,21,23)/t10-/m0/s1. The van der Waals surface area contributed by atoms with E-state index in [4.69, 9.17) is 4.74 Å². The summed E-state index contributed by atoms with van der Waals surface area (Å²) in [6.45, 7) is 4.61. The summed E-state index contributed by atoms with van der Waals surface area (Å²) >= 11 is 2.61. The largest absolute Gasteiger partial charge is 0.453 e. The molecule has 0 saturated heterocycles. The zero-order chi connectivity index (χ0) is 20.0. The predicted molar refractivity (Wildman–Crippen MR) is 106 cm³/mol. The number of rotatable bonds is 8. The number of hydrogen-bond acceptors (Lipinski definition) is 8. The number of carbonyl (C=O) groups excluding carboxylic acids is 2. The number of aryl methyl sites for hydroxylation is 1. The molecule has 0 unspecified atom stereocenters. The molecular weight excluding hydrogens is 390 g/mol. The van der Waals surface area contributed by atoms with Crippen LogP contribution in [-0.2, 0) is 27.2 Å². The average Bonchev–Trinajstić information content (AvgIpc) is 3.07. The van der Waals surface area contributed by atoms with Gasteiger partial charge in [0.15, 0.2) is 5.16 Å². The number of methoxy groups -OCH3 is 2. The molecule has 0 aliphatic carbocycles. The molecule has 148 valence electrons.